The average Bonchev–Trinajstić information content (AvgIpc) is 3.00. The molecule has 1 aliphatic heterocycles. The Morgan fingerprint density at radius 1 is 0.821 bits per heavy atom. The van der Waals surface area contributed by atoms with Crippen LogP contribution in [0.5, 0.6) is 0 Å². The third-order valence-corrected chi connectivity index (χ3v) is 5.42. The van der Waals surface area contributed by atoms with Crippen LogP contribution in [0.25, 0.3) is 6.08 Å². The van der Waals surface area contributed by atoms with Crippen LogP contribution in [0.3, 0.4) is 0 Å². The smallest absolute Gasteiger partial charge is 0.268 e. The molecule has 1 amide bonds. The van der Waals surface area contributed by atoms with E-state index in [2.05, 4.69) is 0 Å². The van der Waals surface area contributed by atoms with Crippen LogP contribution in [0.4, 0.5) is 11.4 Å². The van der Waals surface area contributed by atoms with Crippen LogP contribution in [0.1, 0.15) is 16.7 Å². The highest BCUT2D eigenvalue weighted by molar-refractivity contribution is 8.19. The van der Waals surface area contributed by atoms with E-state index in [1.165, 1.54) is 17.3 Å². The lowest BCUT2D eigenvalue weighted by molar-refractivity contribution is -0.113. The molecule has 0 aliphatic carbocycles. The van der Waals surface area contributed by atoms with Crippen LogP contribution in [-0.4, -0.2) is 11.1 Å². The number of hydrogen-bond donors (Lipinski definition) is 0. The Kier molecular flexibility index (Phi) is 5.13. The second-order valence-electron chi connectivity index (χ2n) is 6.73. The highest BCUT2D eigenvalue weighted by atomic mass is 32.2. The molecule has 0 bridgehead atoms. The van der Waals surface area contributed by atoms with Gasteiger partial charge in [0.05, 0.1) is 16.3 Å². The number of amides is 1. The summed E-state index contributed by atoms with van der Waals surface area (Å²) in [6, 6.07) is 25.8. The zero-order valence-corrected chi connectivity index (χ0v) is 16.6. The van der Waals surface area contributed by atoms with Crippen molar-refractivity contribution in [3.05, 3.63) is 100 Å². The molecule has 4 heteroatoms. The molecule has 138 valence electrons. The van der Waals surface area contributed by atoms with Crippen molar-refractivity contribution >= 4 is 40.3 Å². The summed E-state index contributed by atoms with van der Waals surface area (Å²) in [4.78, 5) is 20.3. The molecule has 4 rings (SSSR count). The third-order valence-electron chi connectivity index (χ3n) is 4.45. The number of carbonyl (C=O) groups excluding carboxylic acids is 1. The van der Waals surface area contributed by atoms with Crippen molar-refractivity contribution in [3.8, 4) is 0 Å². The Morgan fingerprint density at radius 3 is 2.07 bits per heavy atom. The van der Waals surface area contributed by atoms with Crippen LogP contribution in [0.2, 0.25) is 0 Å². The number of benzene rings is 3. The first-order valence-corrected chi connectivity index (χ1v) is 9.93. The van der Waals surface area contributed by atoms with E-state index in [1.807, 2.05) is 98.8 Å². The molecule has 3 aromatic carbocycles. The molecule has 28 heavy (non-hydrogen) atoms. The molecule has 0 radical (unpaired) electrons. The van der Waals surface area contributed by atoms with E-state index in [1.54, 1.807) is 4.90 Å². The summed E-state index contributed by atoms with van der Waals surface area (Å²) in [6.07, 6.45) is 1.92. The minimum absolute atomic E-state index is 0.0523. The van der Waals surface area contributed by atoms with Crippen molar-refractivity contribution in [3.63, 3.8) is 0 Å². The first-order valence-electron chi connectivity index (χ1n) is 9.11. The van der Waals surface area contributed by atoms with Gasteiger partial charge in [-0.05, 0) is 61.5 Å². The molecule has 0 spiro atoms. The molecule has 0 atom stereocenters. The monoisotopic (exact) mass is 384 g/mol. The highest BCUT2D eigenvalue weighted by Crippen LogP contribution is 2.37. The highest BCUT2D eigenvalue weighted by Gasteiger charge is 2.34. The Hall–Kier alpha value is -3.11. The largest absolute Gasteiger partial charge is 0.271 e. The number of thioether (sulfide) groups is 1. The summed E-state index contributed by atoms with van der Waals surface area (Å²) >= 11 is 1.41. The normalized spacial score (nSPS) is 16.9. The maximum Gasteiger partial charge on any atom is 0.271 e. The first kappa shape index (κ1) is 18.3. The summed E-state index contributed by atoms with van der Waals surface area (Å²) in [7, 11) is 0. The molecule has 3 nitrogen and oxygen atoms in total. The Balaban J connectivity index is 1.77. The van der Waals surface area contributed by atoms with Gasteiger partial charge in [0.15, 0.2) is 5.17 Å². The number of rotatable bonds is 3. The summed E-state index contributed by atoms with van der Waals surface area (Å²) in [5.41, 5.74) is 4.99. The summed E-state index contributed by atoms with van der Waals surface area (Å²) in [6.45, 7) is 4.08. The number of carbonyl (C=O) groups is 1. The van der Waals surface area contributed by atoms with E-state index in [0.29, 0.717) is 10.1 Å². The van der Waals surface area contributed by atoms with Gasteiger partial charge in [-0.25, -0.2) is 4.99 Å². The van der Waals surface area contributed by atoms with Gasteiger partial charge in [-0.2, -0.15) is 0 Å². The van der Waals surface area contributed by atoms with Crippen molar-refractivity contribution in [1.29, 1.82) is 0 Å². The fourth-order valence-corrected chi connectivity index (χ4v) is 3.90. The topological polar surface area (TPSA) is 32.7 Å². The minimum Gasteiger partial charge on any atom is -0.268 e. The van der Waals surface area contributed by atoms with Crippen LogP contribution < -0.4 is 4.90 Å². The zero-order chi connectivity index (χ0) is 19.5. The summed E-state index contributed by atoms with van der Waals surface area (Å²) in [5.74, 6) is -0.0523. The maximum absolute atomic E-state index is 13.2. The molecule has 3 aromatic rings. The molecule has 0 N–H and O–H groups in total. The molecule has 0 saturated carbocycles. The van der Waals surface area contributed by atoms with Crippen LogP contribution in [-0.2, 0) is 4.79 Å². The lowest BCUT2D eigenvalue weighted by Gasteiger charge is -2.16. The maximum atomic E-state index is 13.2. The van der Waals surface area contributed by atoms with E-state index in [-0.39, 0.29) is 5.91 Å². The lowest BCUT2D eigenvalue weighted by Crippen LogP contribution is -2.28. The van der Waals surface area contributed by atoms with Crippen LogP contribution in [0.15, 0.2) is 88.8 Å². The molecule has 1 fully saturated rings. The zero-order valence-electron chi connectivity index (χ0n) is 15.8. The number of anilines is 1. The number of aliphatic imine (C=N–C) groups is 1. The Bertz CT molecular complexity index is 1050. The van der Waals surface area contributed by atoms with Gasteiger partial charge in [0.2, 0.25) is 0 Å². The van der Waals surface area contributed by atoms with Gasteiger partial charge in [0.1, 0.15) is 0 Å². The Morgan fingerprint density at radius 2 is 1.43 bits per heavy atom. The second kappa shape index (κ2) is 7.87. The van der Waals surface area contributed by atoms with E-state index < -0.39 is 0 Å². The van der Waals surface area contributed by atoms with Crippen molar-refractivity contribution in [1.82, 2.24) is 0 Å². The fourth-order valence-electron chi connectivity index (χ4n) is 2.90. The predicted octanol–water partition coefficient (Wildman–Crippen LogP) is 6.11. The number of hydrogen-bond acceptors (Lipinski definition) is 3. The van der Waals surface area contributed by atoms with Gasteiger partial charge in [-0.1, -0.05) is 65.7 Å². The van der Waals surface area contributed by atoms with Crippen molar-refractivity contribution in [2.75, 3.05) is 4.90 Å². The van der Waals surface area contributed by atoms with E-state index in [9.17, 15) is 4.79 Å². The quantitative estimate of drug-likeness (QED) is 0.510. The fraction of sp³-hybridized carbons (Fsp3) is 0.0833. The van der Waals surface area contributed by atoms with E-state index >= 15 is 0 Å². The number of aryl methyl sites for hydroxylation is 2. The van der Waals surface area contributed by atoms with Crippen molar-refractivity contribution < 1.29 is 4.79 Å². The molecule has 1 aliphatic rings. The van der Waals surface area contributed by atoms with Gasteiger partial charge < -0.3 is 0 Å². The minimum atomic E-state index is -0.0523. The first-order chi connectivity index (χ1) is 13.6. The SMILES string of the molecule is Cc1ccc(N=C2SC(=Cc3ccccc3)C(=O)N2c2ccc(C)cc2)cc1. The molecular weight excluding hydrogens is 364 g/mol. The number of amidine groups is 1. The standard InChI is InChI=1S/C24H20N2OS/c1-17-8-12-20(13-9-17)25-24-26(21-14-10-18(2)11-15-21)23(27)22(28-24)16-19-6-4-3-5-7-19/h3-16H,1-2H3. The van der Waals surface area contributed by atoms with Gasteiger partial charge in [-0.3, -0.25) is 9.69 Å². The average molecular weight is 385 g/mol. The van der Waals surface area contributed by atoms with Crippen LogP contribution in [0, 0.1) is 13.8 Å². The number of nitrogens with zero attached hydrogens (tertiary/aromatic N) is 2. The van der Waals surface area contributed by atoms with Gasteiger partial charge in [-0.15, -0.1) is 0 Å². The van der Waals surface area contributed by atoms with E-state index in [4.69, 9.17) is 4.99 Å². The van der Waals surface area contributed by atoms with Crippen LogP contribution >= 0.6 is 11.8 Å². The lowest BCUT2D eigenvalue weighted by atomic mass is 10.2. The van der Waals surface area contributed by atoms with E-state index in [0.717, 1.165) is 22.5 Å². The van der Waals surface area contributed by atoms with Gasteiger partial charge in [0, 0.05) is 0 Å². The summed E-state index contributed by atoms with van der Waals surface area (Å²) < 4.78 is 0. The molecular formula is C24H20N2OS. The molecule has 1 saturated heterocycles. The van der Waals surface area contributed by atoms with Crippen molar-refractivity contribution in [2.24, 2.45) is 4.99 Å². The third kappa shape index (κ3) is 3.92. The molecule has 1 heterocycles. The second-order valence-corrected chi connectivity index (χ2v) is 7.74. The summed E-state index contributed by atoms with van der Waals surface area (Å²) in [5, 5.41) is 0.667. The predicted molar refractivity (Wildman–Crippen MR) is 119 cm³/mol. The van der Waals surface area contributed by atoms with Gasteiger partial charge in [0.25, 0.3) is 5.91 Å². The molecule has 0 aromatic heterocycles. The van der Waals surface area contributed by atoms with Gasteiger partial charge >= 0.3 is 0 Å². The molecule has 0 unspecified atom stereocenters. The van der Waals surface area contributed by atoms with Crippen molar-refractivity contribution in [2.45, 2.75) is 13.8 Å². The Labute approximate surface area is 169 Å².